The highest BCUT2D eigenvalue weighted by molar-refractivity contribution is 6.06. The van der Waals surface area contributed by atoms with Gasteiger partial charge in [-0.1, -0.05) is 29.5 Å². The Hall–Kier alpha value is -4.00. The molecule has 1 N–H and O–H groups in total. The van der Waals surface area contributed by atoms with Gasteiger partial charge in [-0.05, 0) is 67.4 Å². The molecule has 0 bridgehead atoms. The highest BCUT2D eigenvalue weighted by Gasteiger charge is 2.12. The van der Waals surface area contributed by atoms with Gasteiger partial charge in [0.25, 0.3) is 5.91 Å². The Morgan fingerprint density at radius 1 is 1.00 bits per heavy atom. The van der Waals surface area contributed by atoms with Crippen molar-refractivity contribution in [3.05, 3.63) is 89.0 Å². The number of esters is 1. The van der Waals surface area contributed by atoms with Crippen molar-refractivity contribution in [3.8, 4) is 0 Å². The van der Waals surface area contributed by atoms with E-state index >= 15 is 0 Å². The molecule has 1 amide bonds. The number of carbonyl (C=O) groups is 2. The number of aromatic nitrogens is 3. The fourth-order valence-corrected chi connectivity index (χ4v) is 3.29. The van der Waals surface area contributed by atoms with Crippen LogP contribution in [0.3, 0.4) is 0 Å². The van der Waals surface area contributed by atoms with Crippen LogP contribution in [0.2, 0.25) is 0 Å². The van der Waals surface area contributed by atoms with Crippen molar-refractivity contribution in [2.24, 2.45) is 0 Å². The van der Waals surface area contributed by atoms with Gasteiger partial charge in [0.1, 0.15) is 5.52 Å². The molecule has 0 unspecified atom stereocenters. The third kappa shape index (κ3) is 4.45. The summed E-state index contributed by atoms with van der Waals surface area (Å²) in [4.78, 5) is 24.4. The lowest BCUT2D eigenvalue weighted by molar-refractivity contribution is 0.0526. The summed E-state index contributed by atoms with van der Waals surface area (Å²) in [5.41, 5.74) is 5.37. The maximum absolute atomic E-state index is 12.7. The zero-order chi connectivity index (χ0) is 21.8. The molecule has 7 heteroatoms. The molecule has 4 rings (SSSR count). The largest absolute Gasteiger partial charge is 0.462 e. The van der Waals surface area contributed by atoms with Gasteiger partial charge in [0, 0.05) is 11.3 Å². The molecular weight excluding hydrogens is 392 g/mol. The average Bonchev–Trinajstić information content (AvgIpc) is 3.18. The number of hydrogen-bond acceptors (Lipinski definition) is 5. The monoisotopic (exact) mass is 414 g/mol. The predicted octanol–water partition coefficient (Wildman–Crippen LogP) is 4.22. The fraction of sp³-hybridized carbons (Fsp3) is 0.167. The van der Waals surface area contributed by atoms with Crippen molar-refractivity contribution in [3.63, 3.8) is 0 Å². The summed E-state index contributed by atoms with van der Waals surface area (Å²) in [5.74, 6) is -0.654. The topological polar surface area (TPSA) is 86.1 Å². The molecule has 0 saturated carbocycles. The lowest BCUT2D eigenvalue weighted by atomic mass is 10.1. The Labute approximate surface area is 179 Å². The molecule has 0 spiro atoms. The molecule has 4 aromatic rings. The molecule has 7 nitrogen and oxygen atoms in total. The van der Waals surface area contributed by atoms with Gasteiger partial charge in [-0.2, -0.15) is 0 Å². The number of nitrogens with zero attached hydrogens (tertiary/aromatic N) is 3. The number of amides is 1. The van der Waals surface area contributed by atoms with Gasteiger partial charge in [-0.15, -0.1) is 5.10 Å². The molecule has 0 radical (unpaired) electrons. The lowest BCUT2D eigenvalue weighted by Crippen LogP contribution is -2.12. The van der Waals surface area contributed by atoms with Crippen molar-refractivity contribution in [2.75, 3.05) is 11.9 Å². The van der Waals surface area contributed by atoms with E-state index in [0.717, 1.165) is 5.52 Å². The van der Waals surface area contributed by atoms with Crippen molar-refractivity contribution < 1.29 is 14.3 Å². The molecule has 156 valence electrons. The van der Waals surface area contributed by atoms with Crippen LogP contribution in [0.4, 0.5) is 5.69 Å². The second kappa shape index (κ2) is 8.79. The third-order valence-electron chi connectivity index (χ3n) is 5.01. The molecule has 1 heterocycles. The Bertz CT molecular complexity index is 1250. The molecule has 0 aliphatic carbocycles. The molecule has 0 fully saturated rings. The van der Waals surface area contributed by atoms with Crippen LogP contribution in [-0.2, 0) is 11.3 Å². The van der Waals surface area contributed by atoms with Crippen LogP contribution < -0.4 is 5.32 Å². The number of carbonyl (C=O) groups excluding carboxylic acids is 2. The van der Waals surface area contributed by atoms with Gasteiger partial charge in [-0.25, -0.2) is 9.48 Å². The van der Waals surface area contributed by atoms with Crippen molar-refractivity contribution in [1.29, 1.82) is 0 Å². The second-order valence-corrected chi connectivity index (χ2v) is 7.13. The maximum atomic E-state index is 12.7. The first kappa shape index (κ1) is 20.3. The minimum atomic E-state index is -0.389. The van der Waals surface area contributed by atoms with E-state index in [0.29, 0.717) is 35.5 Å². The summed E-state index contributed by atoms with van der Waals surface area (Å²) in [6.45, 7) is 4.75. The average molecular weight is 414 g/mol. The first-order chi connectivity index (χ1) is 15.0. The summed E-state index contributed by atoms with van der Waals surface area (Å²) in [6, 6.07) is 20.0. The molecular formula is C24H22N4O3. The van der Waals surface area contributed by atoms with Crippen LogP contribution in [0.5, 0.6) is 0 Å². The molecule has 1 aromatic heterocycles. The number of hydrogen-bond donors (Lipinski definition) is 1. The van der Waals surface area contributed by atoms with Crippen LogP contribution in [0.15, 0.2) is 66.7 Å². The first-order valence-electron chi connectivity index (χ1n) is 10.0. The molecule has 3 aromatic carbocycles. The van der Waals surface area contributed by atoms with Crippen molar-refractivity contribution in [2.45, 2.75) is 20.4 Å². The quantitative estimate of drug-likeness (QED) is 0.478. The fourth-order valence-electron chi connectivity index (χ4n) is 3.29. The van der Waals surface area contributed by atoms with Gasteiger partial charge in [0.2, 0.25) is 0 Å². The van der Waals surface area contributed by atoms with Crippen LogP contribution in [0, 0.1) is 6.92 Å². The Morgan fingerprint density at radius 2 is 1.74 bits per heavy atom. The number of aryl methyl sites for hydroxylation is 1. The summed E-state index contributed by atoms with van der Waals surface area (Å²) in [6.07, 6.45) is 0. The van der Waals surface area contributed by atoms with Crippen molar-refractivity contribution >= 4 is 28.6 Å². The highest BCUT2D eigenvalue weighted by Crippen LogP contribution is 2.18. The number of anilines is 1. The van der Waals surface area contributed by atoms with E-state index in [1.54, 1.807) is 43.3 Å². The van der Waals surface area contributed by atoms with E-state index in [1.807, 2.05) is 22.9 Å². The maximum Gasteiger partial charge on any atom is 0.338 e. The number of benzene rings is 3. The van der Waals surface area contributed by atoms with E-state index in [-0.39, 0.29) is 11.9 Å². The number of ether oxygens (including phenoxy) is 1. The zero-order valence-electron chi connectivity index (χ0n) is 17.3. The molecule has 31 heavy (non-hydrogen) atoms. The number of fused-ring (bicyclic) bond motifs is 1. The van der Waals surface area contributed by atoms with Gasteiger partial charge in [-0.3, -0.25) is 4.79 Å². The standard InChI is InChI=1S/C24H22N4O3/c1-3-31-24(30)17-8-11-20(12-9-17)25-23(29)18-10-13-22-21(14-18)26-27-28(22)15-19-7-5-4-6-16(19)2/h4-14H,3,15H2,1-2H3,(H,25,29). The van der Waals surface area contributed by atoms with Crippen LogP contribution in [0.1, 0.15) is 38.8 Å². The van der Waals surface area contributed by atoms with Gasteiger partial charge in [0.05, 0.1) is 24.2 Å². The van der Waals surface area contributed by atoms with Gasteiger partial charge >= 0.3 is 5.97 Å². The van der Waals surface area contributed by atoms with Crippen LogP contribution in [0.25, 0.3) is 11.0 Å². The van der Waals surface area contributed by atoms with E-state index in [4.69, 9.17) is 4.74 Å². The SMILES string of the molecule is CCOC(=O)c1ccc(NC(=O)c2ccc3c(c2)nnn3Cc2ccccc2C)cc1. The minimum absolute atomic E-state index is 0.265. The Morgan fingerprint density at radius 3 is 2.48 bits per heavy atom. The van der Waals surface area contributed by atoms with Crippen LogP contribution in [-0.4, -0.2) is 33.5 Å². The number of nitrogens with one attached hydrogen (secondary N) is 1. The Kier molecular flexibility index (Phi) is 5.75. The van der Waals surface area contributed by atoms with Gasteiger partial charge < -0.3 is 10.1 Å². The van der Waals surface area contributed by atoms with E-state index in [2.05, 4.69) is 34.7 Å². The summed E-state index contributed by atoms with van der Waals surface area (Å²) in [5, 5.41) is 11.3. The second-order valence-electron chi connectivity index (χ2n) is 7.13. The molecule has 0 aliphatic heterocycles. The summed E-state index contributed by atoms with van der Waals surface area (Å²) in [7, 11) is 0. The van der Waals surface area contributed by atoms with E-state index in [1.165, 1.54) is 11.1 Å². The summed E-state index contributed by atoms with van der Waals surface area (Å²) < 4.78 is 6.79. The predicted molar refractivity (Wildman–Crippen MR) is 118 cm³/mol. The number of rotatable bonds is 6. The first-order valence-corrected chi connectivity index (χ1v) is 10.0. The third-order valence-corrected chi connectivity index (χ3v) is 5.01. The highest BCUT2D eigenvalue weighted by atomic mass is 16.5. The smallest absolute Gasteiger partial charge is 0.338 e. The lowest BCUT2D eigenvalue weighted by Gasteiger charge is -2.08. The van der Waals surface area contributed by atoms with E-state index in [9.17, 15) is 9.59 Å². The molecule has 0 atom stereocenters. The minimum Gasteiger partial charge on any atom is -0.462 e. The van der Waals surface area contributed by atoms with Crippen LogP contribution >= 0.6 is 0 Å². The molecule has 0 saturated heterocycles. The Balaban J connectivity index is 1.49. The summed E-state index contributed by atoms with van der Waals surface area (Å²) >= 11 is 0. The van der Waals surface area contributed by atoms with E-state index < -0.39 is 0 Å². The molecule has 0 aliphatic rings. The normalized spacial score (nSPS) is 10.8. The van der Waals surface area contributed by atoms with Crippen molar-refractivity contribution in [1.82, 2.24) is 15.0 Å². The zero-order valence-corrected chi connectivity index (χ0v) is 17.3. The van der Waals surface area contributed by atoms with Gasteiger partial charge in [0.15, 0.2) is 0 Å².